The highest BCUT2D eigenvalue weighted by Crippen LogP contribution is 2.32. The number of aryl methyl sites for hydroxylation is 2. The van der Waals surface area contributed by atoms with Gasteiger partial charge in [-0.05, 0) is 67.5 Å². The number of rotatable bonds is 8. The van der Waals surface area contributed by atoms with Crippen LogP contribution in [-0.4, -0.2) is 42.1 Å². The monoisotopic (exact) mass is 503 g/mol. The summed E-state index contributed by atoms with van der Waals surface area (Å²) in [6.45, 7) is 4.27. The Morgan fingerprint density at radius 1 is 0.972 bits per heavy atom. The fraction of sp³-hybridized carbons (Fsp3) is 0.250. The molecule has 4 rings (SSSR count). The van der Waals surface area contributed by atoms with Crippen molar-refractivity contribution in [1.82, 2.24) is 4.90 Å². The van der Waals surface area contributed by atoms with Gasteiger partial charge in [-0.25, -0.2) is 0 Å². The van der Waals surface area contributed by atoms with Gasteiger partial charge in [0.25, 0.3) is 5.91 Å². The molecule has 0 saturated carbocycles. The largest absolute Gasteiger partial charge is 0.493 e. The van der Waals surface area contributed by atoms with Gasteiger partial charge in [-0.2, -0.15) is 0 Å². The number of anilines is 2. The van der Waals surface area contributed by atoms with Crippen LogP contribution >= 0.6 is 12.2 Å². The Morgan fingerprint density at radius 2 is 1.69 bits per heavy atom. The summed E-state index contributed by atoms with van der Waals surface area (Å²) in [5.41, 5.74) is 4.34. The molecular formula is C28H29N3O4S. The summed E-state index contributed by atoms with van der Waals surface area (Å²) in [5, 5.41) is 3.31. The second kappa shape index (κ2) is 10.8. The van der Waals surface area contributed by atoms with Gasteiger partial charge in [-0.3, -0.25) is 14.5 Å². The van der Waals surface area contributed by atoms with E-state index in [0.29, 0.717) is 28.8 Å². The van der Waals surface area contributed by atoms with Gasteiger partial charge in [0.2, 0.25) is 5.91 Å². The highest BCUT2D eigenvalue weighted by molar-refractivity contribution is 7.80. The Bertz CT molecular complexity index is 1300. The van der Waals surface area contributed by atoms with Crippen LogP contribution < -0.4 is 19.7 Å². The second-order valence-electron chi connectivity index (χ2n) is 8.70. The summed E-state index contributed by atoms with van der Waals surface area (Å²) in [6, 6.07) is 19.9. The maximum absolute atomic E-state index is 13.6. The second-order valence-corrected chi connectivity index (χ2v) is 9.06. The molecule has 1 saturated heterocycles. The zero-order chi connectivity index (χ0) is 25.8. The predicted molar refractivity (Wildman–Crippen MR) is 145 cm³/mol. The van der Waals surface area contributed by atoms with Gasteiger partial charge >= 0.3 is 0 Å². The number of benzene rings is 3. The molecule has 1 heterocycles. The van der Waals surface area contributed by atoms with E-state index in [9.17, 15) is 9.59 Å². The normalized spacial score (nSPS) is 15.3. The summed E-state index contributed by atoms with van der Waals surface area (Å²) in [4.78, 5) is 30.0. The number of nitrogens with zero attached hydrogens (tertiary/aromatic N) is 2. The number of amides is 2. The van der Waals surface area contributed by atoms with E-state index in [2.05, 4.69) is 5.32 Å². The summed E-state index contributed by atoms with van der Waals surface area (Å²) < 4.78 is 10.8. The van der Waals surface area contributed by atoms with Crippen molar-refractivity contribution in [3.63, 3.8) is 0 Å². The van der Waals surface area contributed by atoms with Crippen LogP contribution in [0.1, 0.15) is 23.1 Å². The molecule has 0 radical (unpaired) electrons. The van der Waals surface area contributed by atoms with Gasteiger partial charge in [-0.15, -0.1) is 0 Å². The highest BCUT2D eigenvalue weighted by atomic mass is 32.1. The lowest BCUT2D eigenvalue weighted by Gasteiger charge is -2.24. The zero-order valence-corrected chi connectivity index (χ0v) is 21.6. The molecule has 36 heavy (non-hydrogen) atoms. The van der Waals surface area contributed by atoms with E-state index in [-0.39, 0.29) is 18.2 Å². The van der Waals surface area contributed by atoms with Crippen LogP contribution in [0.3, 0.4) is 0 Å². The van der Waals surface area contributed by atoms with Gasteiger partial charge in [0.15, 0.2) is 16.6 Å². The van der Waals surface area contributed by atoms with Crippen molar-refractivity contribution in [2.45, 2.75) is 32.9 Å². The van der Waals surface area contributed by atoms with Gasteiger partial charge in [0.05, 0.1) is 26.3 Å². The first-order valence-electron chi connectivity index (χ1n) is 11.6. The quantitative estimate of drug-likeness (QED) is 0.443. The molecule has 1 atom stereocenters. The molecule has 1 unspecified atom stereocenters. The first-order chi connectivity index (χ1) is 17.3. The number of methoxy groups -OCH3 is 2. The molecule has 1 fully saturated rings. The van der Waals surface area contributed by atoms with E-state index in [1.165, 1.54) is 4.90 Å². The topological polar surface area (TPSA) is 71.1 Å². The molecule has 3 aromatic rings. The van der Waals surface area contributed by atoms with Crippen LogP contribution in [0.2, 0.25) is 0 Å². The van der Waals surface area contributed by atoms with Crippen molar-refractivity contribution in [1.29, 1.82) is 0 Å². The molecule has 2 amide bonds. The Labute approximate surface area is 216 Å². The molecular weight excluding hydrogens is 474 g/mol. The molecule has 1 N–H and O–H groups in total. The van der Waals surface area contributed by atoms with Crippen LogP contribution in [0, 0.1) is 13.8 Å². The molecule has 8 heteroatoms. The van der Waals surface area contributed by atoms with E-state index >= 15 is 0 Å². The maximum atomic E-state index is 13.6. The number of hydrogen-bond acceptors (Lipinski definition) is 5. The molecule has 0 spiro atoms. The molecule has 0 aliphatic carbocycles. The van der Waals surface area contributed by atoms with Gasteiger partial charge < -0.3 is 19.7 Å². The molecule has 1 aliphatic heterocycles. The lowest BCUT2D eigenvalue weighted by Crippen LogP contribution is -2.37. The lowest BCUT2D eigenvalue weighted by atomic mass is 10.1. The fourth-order valence-corrected chi connectivity index (χ4v) is 4.72. The number of carbonyl (C=O) groups excluding carboxylic acids is 2. The first kappa shape index (κ1) is 25.2. The van der Waals surface area contributed by atoms with Crippen molar-refractivity contribution in [3.8, 4) is 11.5 Å². The highest BCUT2D eigenvalue weighted by Gasteiger charge is 2.44. The lowest BCUT2D eigenvalue weighted by molar-refractivity contribution is -0.124. The van der Waals surface area contributed by atoms with E-state index in [1.807, 2.05) is 80.6 Å². The third-order valence-corrected chi connectivity index (χ3v) is 6.59. The Morgan fingerprint density at radius 3 is 2.36 bits per heavy atom. The molecule has 0 aromatic heterocycles. The SMILES string of the molecule is COc1ccc(CN2C(=S)N(c3ccccc3)C(=O)C2CC(=O)Nc2ccc(C)cc2C)cc1OC. The molecule has 7 nitrogen and oxygen atoms in total. The molecule has 0 bridgehead atoms. The van der Waals surface area contributed by atoms with Crippen molar-refractivity contribution < 1.29 is 19.1 Å². The summed E-state index contributed by atoms with van der Waals surface area (Å²) in [5.74, 6) is 0.699. The smallest absolute Gasteiger partial charge is 0.256 e. The zero-order valence-electron chi connectivity index (χ0n) is 20.8. The summed E-state index contributed by atoms with van der Waals surface area (Å²) in [6.07, 6.45) is -0.0388. The number of hydrogen-bond donors (Lipinski definition) is 1. The number of para-hydroxylation sites is 1. The van der Waals surface area contributed by atoms with Crippen LogP contribution in [0.4, 0.5) is 11.4 Å². The number of ether oxygens (including phenoxy) is 2. The van der Waals surface area contributed by atoms with Crippen molar-refractivity contribution >= 4 is 40.5 Å². The average molecular weight is 504 g/mol. The summed E-state index contributed by atoms with van der Waals surface area (Å²) >= 11 is 5.77. The fourth-order valence-electron chi connectivity index (χ4n) is 4.33. The van der Waals surface area contributed by atoms with Crippen LogP contribution in [0.15, 0.2) is 66.7 Å². The van der Waals surface area contributed by atoms with Crippen LogP contribution in [0.25, 0.3) is 0 Å². The number of carbonyl (C=O) groups is 2. The predicted octanol–water partition coefficient (Wildman–Crippen LogP) is 4.85. The molecule has 3 aromatic carbocycles. The van der Waals surface area contributed by atoms with E-state index < -0.39 is 6.04 Å². The van der Waals surface area contributed by atoms with Gasteiger partial charge in [0, 0.05) is 12.2 Å². The van der Waals surface area contributed by atoms with Crippen LogP contribution in [0.5, 0.6) is 11.5 Å². The third kappa shape index (κ3) is 5.18. The summed E-state index contributed by atoms with van der Waals surface area (Å²) in [7, 11) is 3.15. The Hall–Kier alpha value is -3.91. The van der Waals surface area contributed by atoms with E-state index in [1.54, 1.807) is 19.1 Å². The van der Waals surface area contributed by atoms with Crippen molar-refractivity contribution in [2.75, 3.05) is 24.4 Å². The molecule has 1 aliphatic rings. The molecule has 186 valence electrons. The van der Waals surface area contributed by atoms with E-state index in [4.69, 9.17) is 21.7 Å². The van der Waals surface area contributed by atoms with Crippen molar-refractivity contribution in [3.05, 3.63) is 83.4 Å². The minimum Gasteiger partial charge on any atom is -0.493 e. The minimum atomic E-state index is -0.753. The Kier molecular flexibility index (Phi) is 7.55. The maximum Gasteiger partial charge on any atom is 0.256 e. The number of thiocarbonyl (C=S) groups is 1. The standard InChI is InChI=1S/C28H29N3O4S/c1-18-10-12-22(19(2)14-18)29-26(32)16-23-27(33)31(21-8-6-5-7-9-21)28(36)30(23)17-20-11-13-24(34-3)25(15-20)35-4/h5-15,23H,16-17H2,1-4H3,(H,29,32). The first-order valence-corrected chi connectivity index (χ1v) is 12.0. The average Bonchev–Trinajstić information content (AvgIpc) is 3.10. The third-order valence-electron chi connectivity index (χ3n) is 6.17. The van der Waals surface area contributed by atoms with Gasteiger partial charge in [0.1, 0.15) is 6.04 Å². The Balaban J connectivity index is 1.62. The number of nitrogens with one attached hydrogen (secondary N) is 1. The van der Waals surface area contributed by atoms with Crippen molar-refractivity contribution in [2.24, 2.45) is 0 Å². The minimum absolute atomic E-state index is 0.0388. The van der Waals surface area contributed by atoms with Gasteiger partial charge in [-0.1, -0.05) is 42.0 Å². The van der Waals surface area contributed by atoms with E-state index in [0.717, 1.165) is 22.4 Å². The van der Waals surface area contributed by atoms with Crippen LogP contribution in [-0.2, 0) is 16.1 Å².